The van der Waals surface area contributed by atoms with Crippen LogP contribution in [0.4, 0.5) is 0 Å². The molecule has 0 aliphatic heterocycles. The first-order chi connectivity index (χ1) is 17.4. The molecule has 0 saturated carbocycles. The SMILES string of the molecule is CCCNCc1cccc(-c2ccc3nc(-c4cccc(Cl)c4)n(CC(=O)NC(C)C)c(=O)c3c2)c1. The summed E-state index contributed by atoms with van der Waals surface area (Å²) in [5, 5.41) is 7.28. The molecule has 0 fully saturated rings. The highest BCUT2D eigenvalue weighted by Crippen LogP contribution is 2.26. The molecule has 36 heavy (non-hydrogen) atoms. The van der Waals surface area contributed by atoms with Crippen LogP contribution in [0.1, 0.15) is 32.8 Å². The van der Waals surface area contributed by atoms with Crippen LogP contribution in [-0.2, 0) is 17.9 Å². The van der Waals surface area contributed by atoms with Gasteiger partial charge in [0.1, 0.15) is 12.4 Å². The maximum Gasteiger partial charge on any atom is 0.262 e. The Labute approximate surface area is 216 Å². The van der Waals surface area contributed by atoms with Crippen LogP contribution in [0.2, 0.25) is 5.02 Å². The van der Waals surface area contributed by atoms with E-state index in [4.69, 9.17) is 16.6 Å². The Morgan fingerprint density at radius 2 is 1.75 bits per heavy atom. The van der Waals surface area contributed by atoms with Gasteiger partial charge in [0.25, 0.3) is 5.56 Å². The summed E-state index contributed by atoms with van der Waals surface area (Å²) in [5.74, 6) is 0.158. The third kappa shape index (κ3) is 6.01. The quantitative estimate of drug-likeness (QED) is 0.300. The number of aromatic nitrogens is 2. The highest BCUT2D eigenvalue weighted by Gasteiger charge is 2.17. The normalized spacial score (nSPS) is 11.2. The van der Waals surface area contributed by atoms with E-state index in [1.807, 2.05) is 50.2 Å². The van der Waals surface area contributed by atoms with E-state index in [2.05, 4.69) is 29.7 Å². The van der Waals surface area contributed by atoms with Gasteiger partial charge in [-0.15, -0.1) is 0 Å². The van der Waals surface area contributed by atoms with Gasteiger partial charge in [0, 0.05) is 23.2 Å². The number of hydrogen-bond donors (Lipinski definition) is 2. The summed E-state index contributed by atoms with van der Waals surface area (Å²) in [5.41, 5.74) is 4.10. The molecule has 1 heterocycles. The maximum atomic E-state index is 13.8. The van der Waals surface area contributed by atoms with Crippen LogP contribution in [0, 0.1) is 0 Å². The van der Waals surface area contributed by atoms with E-state index in [9.17, 15) is 9.59 Å². The average Bonchev–Trinajstić information content (AvgIpc) is 2.85. The molecule has 186 valence electrons. The molecule has 0 spiro atoms. The third-order valence-electron chi connectivity index (χ3n) is 5.80. The van der Waals surface area contributed by atoms with Crippen LogP contribution in [-0.4, -0.2) is 28.0 Å². The highest BCUT2D eigenvalue weighted by molar-refractivity contribution is 6.30. The van der Waals surface area contributed by atoms with Crippen LogP contribution in [0.15, 0.2) is 71.5 Å². The third-order valence-corrected chi connectivity index (χ3v) is 6.04. The summed E-state index contributed by atoms with van der Waals surface area (Å²) in [4.78, 5) is 31.2. The zero-order valence-electron chi connectivity index (χ0n) is 20.8. The van der Waals surface area contributed by atoms with Crippen LogP contribution in [0.25, 0.3) is 33.4 Å². The monoisotopic (exact) mass is 502 g/mol. The van der Waals surface area contributed by atoms with Gasteiger partial charge in [0.05, 0.1) is 10.9 Å². The van der Waals surface area contributed by atoms with Crippen LogP contribution < -0.4 is 16.2 Å². The molecule has 4 aromatic rings. The van der Waals surface area contributed by atoms with Crippen molar-refractivity contribution < 1.29 is 4.79 Å². The lowest BCUT2D eigenvalue weighted by Crippen LogP contribution is -2.37. The average molecular weight is 503 g/mol. The largest absolute Gasteiger partial charge is 0.352 e. The summed E-state index contributed by atoms with van der Waals surface area (Å²) in [6, 6.07) is 21.1. The zero-order valence-corrected chi connectivity index (χ0v) is 21.6. The Kier molecular flexibility index (Phi) is 8.18. The number of nitrogens with zero attached hydrogens (tertiary/aromatic N) is 2. The van der Waals surface area contributed by atoms with Gasteiger partial charge in [-0.05, 0) is 73.8 Å². The van der Waals surface area contributed by atoms with Gasteiger partial charge in [-0.3, -0.25) is 14.2 Å². The minimum Gasteiger partial charge on any atom is -0.352 e. The highest BCUT2D eigenvalue weighted by atomic mass is 35.5. The molecule has 0 unspecified atom stereocenters. The number of carbonyl (C=O) groups excluding carboxylic acids is 1. The molecule has 0 radical (unpaired) electrons. The van der Waals surface area contributed by atoms with Crippen molar-refractivity contribution in [2.24, 2.45) is 0 Å². The number of benzene rings is 3. The van der Waals surface area contributed by atoms with E-state index >= 15 is 0 Å². The fourth-order valence-electron chi connectivity index (χ4n) is 4.18. The van der Waals surface area contributed by atoms with Crippen molar-refractivity contribution in [3.8, 4) is 22.5 Å². The molecule has 1 amide bonds. The van der Waals surface area contributed by atoms with Crippen molar-refractivity contribution in [2.45, 2.75) is 46.3 Å². The summed E-state index contributed by atoms with van der Waals surface area (Å²) in [6.45, 7) is 7.53. The topological polar surface area (TPSA) is 76.0 Å². The van der Waals surface area contributed by atoms with Gasteiger partial charge in [-0.2, -0.15) is 0 Å². The predicted octanol–water partition coefficient (Wildman–Crippen LogP) is 5.41. The number of fused-ring (bicyclic) bond motifs is 1. The van der Waals surface area contributed by atoms with Gasteiger partial charge in [-0.1, -0.05) is 54.9 Å². The molecule has 0 saturated heterocycles. The fourth-order valence-corrected chi connectivity index (χ4v) is 4.37. The van der Waals surface area contributed by atoms with Gasteiger partial charge in [-0.25, -0.2) is 4.98 Å². The summed E-state index contributed by atoms with van der Waals surface area (Å²) in [6.07, 6.45) is 1.08. The number of amides is 1. The van der Waals surface area contributed by atoms with Crippen molar-refractivity contribution in [1.29, 1.82) is 0 Å². The number of carbonyl (C=O) groups is 1. The molecule has 0 atom stereocenters. The number of halogens is 1. The first-order valence-electron chi connectivity index (χ1n) is 12.3. The smallest absolute Gasteiger partial charge is 0.262 e. The molecule has 0 aliphatic rings. The van der Waals surface area contributed by atoms with Crippen LogP contribution >= 0.6 is 11.6 Å². The Morgan fingerprint density at radius 1 is 1.00 bits per heavy atom. The number of nitrogens with one attached hydrogen (secondary N) is 2. The lowest BCUT2D eigenvalue weighted by atomic mass is 10.0. The second kappa shape index (κ2) is 11.5. The van der Waals surface area contributed by atoms with Crippen molar-refractivity contribution >= 4 is 28.4 Å². The summed E-state index contributed by atoms with van der Waals surface area (Å²) in [7, 11) is 0. The Balaban J connectivity index is 1.81. The van der Waals surface area contributed by atoms with E-state index in [1.165, 1.54) is 10.1 Å². The Bertz CT molecular complexity index is 1450. The minimum absolute atomic E-state index is 0.0399. The molecule has 1 aromatic heterocycles. The van der Waals surface area contributed by atoms with Crippen molar-refractivity contribution in [3.05, 3.63) is 87.7 Å². The molecular formula is C29H31ClN4O2. The Morgan fingerprint density at radius 3 is 2.50 bits per heavy atom. The molecule has 0 aliphatic carbocycles. The van der Waals surface area contributed by atoms with E-state index in [0.29, 0.717) is 27.3 Å². The van der Waals surface area contributed by atoms with Crippen molar-refractivity contribution in [2.75, 3.05) is 6.54 Å². The van der Waals surface area contributed by atoms with Gasteiger partial charge in [0.2, 0.25) is 5.91 Å². The molecular weight excluding hydrogens is 472 g/mol. The molecule has 0 bridgehead atoms. The second-order valence-corrected chi connectivity index (χ2v) is 9.60. The van der Waals surface area contributed by atoms with E-state index in [1.54, 1.807) is 18.2 Å². The second-order valence-electron chi connectivity index (χ2n) is 9.17. The van der Waals surface area contributed by atoms with Crippen LogP contribution in [0.3, 0.4) is 0 Å². The first-order valence-corrected chi connectivity index (χ1v) is 12.6. The number of rotatable bonds is 9. The standard InChI is InChI=1S/C29H31ClN4O2/c1-4-13-31-17-20-7-5-8-21(14-20)22-11-12-26-25(16-22)29(36)34(18-27(35)32-19(2)3)28(33-26)23-9-6-10-24(30)15-23/h5-12,14-16,19,31H,4,13,17-18H2,1-3H3,(H,32,35). The van der Waals surface area contributed by atoms with Gasteiger partial charge in [0.15, 0.2) is 0 Å². The molecule has 2 N–H and O–H groups in total. The number of hydrogen-bond acceptors (Lipinski definition) is 4. The van der Waals surface area contributed by atoms with Crippen LogP contribution in [0.5, 0.6) is 0 Å². The van der Waals surface area contributed by atoms with E-state index < -0.39 is 0 Å². The predicted molar refractivity (Wildman–Crippen MR) is 147 cm³/mol. The molecule has 6 nitrogen and oxygen atoms in total. The fraction of sp³-hybridized carbons (Fsp3) is 0.276. The Hall–Kier alpha value is -3.48. The summed E-state index contributed by atoms with van der Waals surface area (Å²) < 4.78 is 1.43. The zero-order chi connectivity index (χ0) is 25.7. The van der Waals surface area contributed by atoms with E-state index in [-0.39, 0.29) is 24.1 Å². The van der Waals surface area contributed by atoms with Gasteiger partial charge < -0.3 is 10.6 Å². The molecule has 3 aromatic carbocycles. The molecule has 4 rings (SSSR count). The summed E-state index contributed by atoms with van der Waals surface area (Å²) >= 11 is 6.22. The molecule has 7 heteroatoms. The lowest BCUT2D eigenvalue weighted by Gasteiger charge is -2.16. The van der Waals surface area contributed by atoms with Gasteiger partial charge >= 0.3 is 0 Å². The van der Waals surface area contributed by atoms with E-state index in [0.717, 1.165) is 30.6 Å². The van der Waals surface area contributed by atoms with Crippen molar-refractivity contribution in [3.63, 3.8) is 0 Å². The first kappa shape index (κ1) is 25.6. The van der Waals surface area contributed by atoms with Crippen molar-refractivity contribution in [1.82, 2.24) is 20.2 Å². The minimum atomic E-state index is -0.267. The lowest BCUT2D eigenvalue weighted by molar-refractivity contribution is -0.122. The maximum absolute atomic E-state index is 13.8.